The molecule has 0 unspecified atom stereocenters. The van der Waals surface area contributed by atoms with Gasteiger partial charge in [-0.1, -0.05) is 0 Å². The van der Waals surface area contributed by atoms with E-state index in [1.807, 2.05) is 4.90 Å². The molecule has 0 aliphatic carbocycles. The van der Waals surface area contributed by atoms with Crippen molar-refractivity contribution in [1.29, 1.82) is 0 Å². The fourth-order valence-electron chi connectivity index (χ4n) is 2.26. The SMILES string of the molecule is O=CN1CCN(c2cnnc(Nc3ccc(F)c(F)c3)n2)CC1. The van der Waals surface area contributed by atoms with Crippen LogP contribution in [0.25, 0.3) is 0 Å². The number of benzene rings is 1. The predicted octanol–water partition coefficient (Wildman–Crippen LogP) is 1.17. The highest BCUT2D eigenvalue weighted by atomic mass is 19.2. The fraction of sp³-hybridized carbons (Fsp3) is 0.286. The number of nitrogens with one attached hydrogen (secondary N) is 1. The number of anilines is 3. The Balaban J connectivity index is 1.72. The van der Waals surface area contributed by atoms with E-state index in [4.69, 9.17) is 0 Å². The van der Waals surface area contributed by atoms with Crippen LogP contribution in [0.1, 0.15) is 0 Å². The summed E-state index contributed by atoms with van der Waals surface area (Å²) in [6.07, 6.45) is 2.35. The molecule has 0 spiro atoms. The molecule has 7 nitrogen and oxygen atoms in total. The average Bonchev–Trinajstić information content (AvgIpc) is 2.58. The van der Waals surface area contributed by atoms with E-state index in [0.717, 1.165) is 18.5 Å². The van der Waals surface area contributed by atoms with Crippen molar-refractivity contribution in [1.82, 2.24) is 20.1 Å². The van der Waals surface area contributed by atoms with Crippen LogP contribution in [-0.4, -0.2) is 52.7 Å². The van der Waals surface area contributed by atoms with Gasteiger partial charge in [0, 0.05) is 37.9 Å². The van der Waals surface area contributed by atoms with Gasteiger partial charge in [0.2, 0.25) is 12.4 Å². The van der Waals surface area contributed by atoms with Crippen LogP contribution in [0, 0.1) is 11.6 Å². The monoisotopic (exact) mass is 320 g/mol. The van der Waals surface area contributed by atoms with Crippen molar-refractivity contribution >= 4 is 23.9 Å². The third-order valence-corrected chi connectivity index (χ3v) is 3.51. The third kappa shape index (κ3) is 3.50. The van der Waals surface area contributed by atoms with Gasteiger partial charge in [-0.3, -0.25) is 4.79 Å². The molecule has 1 aromatic carbocycles. The number of piperazine rings is 1. The predicted molar refractivity (Wildman–Crippen MR) is 79.3 cm³/mol. The number of amides is 1. The molecule has 120 valence electrons. The lowest BCUT2D eigenvalue weighted by atomic mass is 10.3. The van der Waals surface area contributed by atoms with Gasteiger partial charge < -0.3 is 15.1 Å². The molecule has 2 heterocycles. The summed E-state index contributed by atoms with van der Waals surface area (Å²) in [4.78, 5) is 18.7. The van der Waals surface area contributed by atoms with E-state index in [1.54, 1.807) is 4.90 Å². The summed E-state index contributed by atoms with van der Waals surface area (Å²) in [7, 11) is 0. The normalized spacial score (nSPS) is 14.7. The summed E-state index contributed by atoms with van der Waals surface area (Å²) in [5.74, 6) is -1.08. The smallest absolute Gasteiger partial charge is 0.249 e. The molecule has 1 aliphatic rings. The first-order chi connectivity index (χ1) is 11.2. The van der Waals surface area contributed by atoms with E-state index >= 15 is 0 Å². The number of nitrogens with zero attached hydrogens (tertiary/aromatic N) is 5. The maximum absolute atomic E-state index is 13.2. The minimum Gasteiger partial charge on any atom is -0.352 e. The van der Waals surface area contributed by atoms with Crippen LogP contribution >= 0.6 is 0 Å². The van der Waals surface area contributed by atoms with E-state index in [9.17, 15) is 13.6 Å². The Kier molecular flexibility index (Phi) is 4.26. The first kappa shape index (κ1) is 15.1. The summed E-state index contributed by atoms with van der Waals surface area (Å²) >= 11 is 0. The van der Waals surface area contributed by atoms with E-state index in [0.29, 0.717) is 37.7 Å². The van der Waals surface area contributed by atoms with Crippen molar-refractivity contribution in [3.63, 3.8) is 0 Å². The quantitative estimate of drug-likeness (QED) is 0.853. The molecule has 23 heavy (non-hydrogen) atoms. The molecule has 2 aromatic rings. The second kappa shape index (κ2) is 6.51. The lowest BCUT2D eigenvalue weighted by Gasteiger charge is -2.33. The summed E-state index contributed by atoms with van der Waals surface area (Å²) < 4.78 is 26.1. The number of hydrogen-bond donors (Lipinski definition) is 1. The van der Waals surface area contributed by atoms with E-state index in [2.05, 4.69) is 20.5 Å². The maximum atomic E-state index is 13.2. The van der Waals surface area contributed by atoms with Crippen LogP contribution in [0.4, 0.5) is 26.2 Å². The standard InChI is InChI=1S/C14H14F2N6O/c15-11-2-1-10(7-12(11)16)18-14-19-13(8-17-20-14)22-5-3-21(9-23)4-6-22/h1-2,7-9H,3-6H2,(H,18,19,20). The zero-order valence-corrected chi connectivity index (χ0v) is 12.1. The Labute approximate surface area is 130 Å². The maximum Gasteiger partial charge on any atom is 0.249 e. The summed E-state index contributed by atoms with van der Waals surface area (Å²) in [6.45, 7) is 2.50. The summed E-state index contributed by atoms with van der Waals surface area (Å²) in [5, 5.41) is 10.5. The molecular weight excluding hydrogens is 306 g/mol. The number of hydrogen-bond acceptors (Lipinski definition) is 6. The number of carbonyl (C=O) groups excluding carboxylic acids is 1. The van der Waals surface area contributed by atoms with Crippen molar-refractivity contribution < 1.29 is 13.6 Å². The van der Waals surface area contributed by atoms with Crippen LogP contribution in [0.15, 0.2) is 24.4 Å². The van der Waals surface area contributed by atoms with Gasteiger partial charge in [-0.05, 0) is 12.1 Å². The van der Waals surface area contributed by atoms with Gasteiger partial charge >= 0.3 is 0 Å². The van der Waals surface area contributed by atoms with Gasteiger partial charge in [-0.25, -0.2) is 8.78 Å². The van der Waals surface area contributed by atoms with Crippen molar-refractivity contribution in [2.24, 2.45) is 0 Å². The second-order valence-corrected chi connectivity index (χ2v) is 5.02. The van der Waals surface area contributed by atoms with Gasteiger partial charge in [-0.15, -0.1) is 5.10 Å². The van der Waals surface area contributed by atoms with Gasteiger partial charge in [0.1, 0.15) is 0 Å². The van der Waals surface area contributed by atoms with Crippen LogP contribution in [0.2, 0.25) is 0 Å². The first-order valence-electron chi connectivity index (χ1n) is 7.02. The Morgan fingerprint density at radius 2 is 1.91 bits per heavy atom. The van der Waals surface area contributed by atoms with Gasteiger partial charge in [0.05, 0.1) is 6.20 Å². The van der Waals surface area contributed by atoms with Crippen LogP contribution < -0.4 is 10.2 Å². The number of carbonyl (C=O) groups is 1. The molecule has 0 bridgehead atoms. The summed E-state index contributed by atoms with van der Waals surface area (Å²) in [6, 6.07) is 3.43. The molecule has 0 atom stereocenters. The number of halogens is 2. The van der Waals surface area contributed by atoms with Gasteiger partial charge in [0.25, 0.3) is 0 Å². The molecule has 1 fully saturated rings. The molecule has 9 heteroatoms. The van der Waals surface area contributed by atoms with Crippen LogP contribution in [-0.2, 0) is 4.79 Å². The first-order valence-corrected chi connectivity index (χ1v) is 7.02. The Bertz CT molecular complexity index is 705. The van der Waals surface area contributed by atoms with E-state index in [1.165, 1.54) is 12.3 Å². The summed E-state index contributed by atoms with van der Waals surface area (Å²) in [5.41, 5.74) is 0.327. The molecule has 1 aliphatic heterocycles. The molecular formula is C14H14F2N6O. The number of rotatable bonds is 4. The van der Waals surface area contributed by atoms with Gasteiger partial charge in [0.15, 0.2) is 17.5 Å². The Hall–Kier alpha value is -2.84. The second-order valence-electron chi connectivity index (χ2n) is 5.02. The highest BCUT2D eigenvalue weighted by molar-refractivity contribution is 5.54. The minimum absolute atomic E-state index is 0.186. The van der Waals surface area contributed by atoms with Gasteiger partial charge in [-0.2, -0.15) is 10.1 Å². The zero-order chi connectivity index (χ0) is 16.2. The van der Waals surface area contributed by atoms with E-state index < -0.39 is 11.6 Å². The molecule has 0 saturated carbocycles. The highest BCUT2D eigenvalue weighted by Gasteiger charge is 2.17. The van der Waals surface area contributed by atoms with Crippen molar-refractivity contribution in [3.05, 3.63) is 36.0 Å². The van der Waals surface area contributed by atoms with Crippen molar-refractivity contribution in [2.45, 2.75) is 0 Å². The average molecular weight is 320 g/mol. The largest absolute Gasteiger partial charge is 0.352 e. The topological polar surface area (TPSA) is 74.2 Å². The van der Waals surface area contributed by atoms with Crippen LogP contribution in [0.5, 0.6) is 0 Å². The lowest BCUT2D eigenvalue weighted by Crippen LogP contribution is -2.46. The molecule has 1 aromatic heterocycles. The highest BCUT2D eigenvalue weighted by Crippen LogP contribution is 2.18. The molecule has 3 rings (SSSR count). The molecule has 1 amide bonds. The minimum atomic E-state index is -0.955. The molecule has 0 radical (unpaired) electrons. The fourth-order valence-corrected chi connectivity index (χ4v) is 2.26. The van der Waals surface area contributed by atoms with Crippen molar-refractivity contribution in [2.75, 3.05) is 36.4 Å². The van der Waals surface area contributed by atoms with E-state index in [-0.39, 0.29) is 5.95 Å². The molecule has 1 N–H and O–H groups in total. The zero-order valence-electron chi connectivity index (χ0n) is 12.1. The Morgan fingerprint density at radius 3 is 2.61 bits per heavy atom. The lowest BCUT2D eigenvalue weighted by molar-refractivity contribution is -0.118. The van der Waals surface area contributed by atoms with Crippen LogP contribution in [0.3, 0.4) is 0 Å². The number of aromatic nitrogens is 3. The van der Waals surface area contributed by atoms with Crippen molar-refractivity contribution in [3.8, 4) is 0 Å². The Morgan fingerprint density at radius 1 is 1.13 bits per heavy atom. The molecule has 1 saturated heterocycles. The third-order valence-electron chi connectivity index (χ3n) is 3.51.